The Hall–Kier alpha value is -1.28. The van der Waals surface area contributed by atoms with Gasteiger partial charge in [0.25, 0.3) is 0 Å². The van der Waals surface area contributed by atoms with Crippen LogP contribution in [-0.4, -0.2) is 22.8 Å². The van der Waals surface area contributed by atoms with Gasteiger partial charge < -0.3 is 9.84 Å². The van der Waals surface area contributed by atoms with E-state index in [4.69, 9.17) is 33.0 Å². The molecule has 2 aromatic heterocycles. The summed E-state index contributed by atoms with van der Waals surface area (Å²) in [5, 5.41) is 11.6. The number of hydrogen-bond donors (Lipinski definition) is 2. The average molecular weight is 396 g/mol. The Morgan fingerprint density at radius 3 is 2.00 bits per heavy atom. The lowest BCUT2D eigenvalue weighted by Gasteiger charge is -2.19. The van der Waals surface area contributed by atoms with Crippen LogP contribution in [0.1, 0.15) is 30.4 Å². The highest BCUT2D eigenvalue weighted by Crippen LogP contribution is 2.26. The van der Waals surface area contributed by atoms with Gasteiger partial charge in [0.2, 0.25) is 0 Å². The van der Waals surface area contributed by atoms with E-state index < -0.39 is 17.7 Å². The minimum atomic E-state index is -0.924. The number of hydrogen-bond acceptors (Lipinski definition) is 5. The second kappa shape index (κ2) is 8.54. The lowest BCUT2D eigenvalue weighted by atomic mass is 10.2. The number of amides is 1. The van der Waals surface area contributed by atoms with Crippen molar-refractivity contribution in [2.75, 3.05) is 5.32 Å². The summed E-state index contributed by atoms with van der Waals surface area (Å²) in [4.78, 5) is 21.7. The normalized spacial score (nSPS) is 10.5. The van der Waals surface area contributed by atoms with Crippen molar-refractivity contribution in [3.05, 3.63) is 37.8 Å². The SMILES string of the molecule is CC(C)(C)OC(=O)Nc1ccc(Cl)s1.O=C(O)c1ccc(Cl)s1. The molecular formula is C14H15Cl2NO4S2. The summed E-state index contributed by atoms with van der Waals surface area (Å²) in [5.41, 5.74) is -0.481. The fraction of sp³-hybridized carbons (Fsp3) is 0.286. The molecule has 23 heavy (non-hydrogen) atoms. The Kier molecular flexibility index (Phi) is 7.34. The Morgan fingerprint density at radius 2 is 1.65 bits per heavy atom. The molecule has 2 rings (SSSR count). The third-order valence-corrected chi connectivity index (χ3v) is 4.35. The highest BCUT2D eigenvalue weighted by atomic mass is 35.5. The standard InChI is InChI=1S/C9H12ClNO2S.C5H3ClO2S/c1-9(2,3)13-8(12)11-7-5-4-6(10)14-7;6-4-2-1-3(9-4)5(7)8/h4-5H,1-3H3,(H,11,12);1-2H,(H,7,8). The Bertz CT molecular complexity index is 676. The van der Waals surface area contributed by atoms with Gasteiger partial charge in [-0.1, -0.05) is 23.2 Å². The summed E-state index contributed by atoms with van der Waals surface area (Å²) in [6.07, 6.45) is -0.462. The third-order valence-electron chi connectivity index (χ3n) is 1.98. The van der Waals surface area contributed by atoms with Crippen molar-refractivity contribution in [2.45, 2.75) is 26.4 Å². The van der Waals surface area contributed by atoms with Crippen LogP contribution in [-0.2, 0) is 4.74 Å². The van der Waals surface area contributed by atoms with Gasteiger partial charge in [-0.25, -0.2) is 9.59 Å². The Morgan fingerprint density at radius 1 is 1.09 bits per heavy atom. The van der Waals surface area contributed by atoms with Gasteiger partial charge in [0.1, 0.15) is 10.5 Å². The van der Waals surface area contributed by atoms with E-state index in [-0.39, 0.29) is 4.88 Å². The maximum absolute atomic E-state index is 11.3. The van der Waals surface area contributed by atoms with Crippen molar-refractivity contribution in [1.29, 1.82) is 0 Å². The predicted octanol–water partition coefficient (Wildman–Crippen LogP) is 5.85. The van der Waals surface area contributed by atoms with Gasteiger partial charge in [-0.05, 0) is 45.0 Å². The number of halogens is 2. The van der Waals surface area contributed by atoms with Gasteiger partial charge in [0, 0.05) is 0 Å². The predicted molar refractivity (Wildman–Crippen MR) is 95.5 cm³/mol. The smallest absolute Gasteiger partial charge is 0.412 e. The van der Waals surface area contributed by atoms with Crippen LogP contribution in [0.25, 0.3) is 0 Å². The first-order valence-corrected chi connectivity index (χ1v) is 8.69. The van der Waals surface area contributed by atoms with Gasteiger partial charge in [-0.15, -0.1) is 22.7 Å². The van der Waals surface area contributed by atoms with Crippen LogP contribution in [0.15, 0.2) is 24.3 Å². The van der Waals surface area contributed by atoms with E-state index in [2.05, 4.69) is 5.32 Å². The van der Waals surface area contributed by atoms with Crippen molar-refractivity contribution in [3.8, 4) is 0 Å². The number of ether oxygens (including phenoxy) is 1. The van der Waals surface area contributed by atoms with Crippen LogP contribution in [0.4, 0.5) is 9.80 Å². The summed E-state index contributed by atoms with van der Waals surface area (Å²) in [6.45, 7) is 5.44. The summed E-state index contributed by atoms with van der Waals surface area (Å²) < 4.78 is 6.21. The van der Waals surface area contributed by atoms with Crippen LogP contribution in [0.5, 0.6) is 0 Å². The molecule has 126 valence electrons. The van der Waals surface area contributed by atoms with Crippen LogP contribution in [0, 0.1) is 0 Å². The molecule has 0 unspecified atom stereocenters. The molecule has 1 amide bonds. The minimum absolute atomic E-state index is 0.278. The summed E-state index contributed by atoms with van der Waals surface area (Å²) in [7, 11) is 0. The molecule has 0 spiro atoms. The molecule has 0 aliphatic heterocycles. The number of carbonyl (C=O) groups is 2. The molecule has 0 radical (unpaired) electrons. The van der Waals surface area contributed by atoms with E-state index >= 15 is 0 Å². The number of carbonyl (C=O) groups excluding carboxylic acids is 1. The second-order valence-corrected chi connectivity index (χ2v) is 8.57. The lowest BCUT2D eigenvalue weighted by Crippen LogP contribution is -2.26. The van der Waals surface area contributed by atoms with Crippen molar-refractivity contribution < 1.29 is 19.4 Å². The zero-order chi connectivity index (χ0) is 17.6. The molecule has 9 heteroatoms. The van der Waals surface area contributed by atoms with Crippen LogP contribution < -0.4 is 5.32 Å². The van der Waals surface area contributed by atoms with E-state index in [0.29, 0.717) is 13.7 Å². The zero-order valence-electron chi connectivity index (χ0n) is 12.6. The van der Waals surface area contributed by atoms with Crippen molar-refractivity contribution in [3.63, 3.8) is 0 Å². The lowest BCUT2D eigenvalue weighted by molar-refractivity contribution is 0.0634. The first-order valence-electron chi connectivity index (χ1n) is 6.31. The van der Waals surface area contributed by atoms with Crippen molar-refractivity contribution in [1.82, 2.24) is 0 Å². The molecule has 5 nitrogen and oxygen atoms in total. The molecule has 0 saturated carbocycles. The van der Waals surface area contributed by atoms with Crippen LogP contribution in [0.3, 0.4) is 0 Å². The first-order chi connectivity index (χ1) is 10.6. The van der Waals surface area contributed by atoms with Gasteiger partial charge >= 0.3 is 12.1 Å². The van der Waals surface area contributed by atoms with Gasteiger partial charge in [0.05, 0.1) is 13.7 Å². The topological polar surface area (TPSA) is 75.6 Å². The summed E-state index contributed by atoms with van der Waals surface area (Å²) in [6, 6.07) is 6.50. The van der Waals surface area contributed by atoms with Crippen molar-refractivity contribution in [2.24, 2.45) is 0 Å². The molecule has 0 aliphatic carbocycles. The maximum Gasteiger partial charge on any atom is 0.412 e. The fourth-order valence-electron chi connectivity index (χ4n) is 1.21. The van der Waals surface area contributed by atoms with E-state index in [9.17, 15) is 9.59 Å². The number of thiophene rings is 2. The van der Waals surface area contributed by atoms with E-state index in [1.165, 1.54) is 17.4 Å². The largest absolute Gasteiger partial charge is 0.477 e. The second-order valence-electron chi connectivity index (χ2n) is 5.14. The van der Waals surface area contributed by atoms with Gasteiger partial charge in [-0.3, -0.25) is 5.32 Å². The zero-order valence-corrected chi connectivity index (χ0v) is 15.7. The molecule has 0 fully saturated rings. The van der Waals surface area contributed by atoms with Crippen molar-refractivity contribution >= 4 is 62.9 Å². The molecular weight excluding hydrogens is 381 g/mol. The minimum Gasteiger partial charge on any atom is -0.477 e. The van der Waals surface area contributed by atoms with E-state index in [1.807, 2.05) is 20.8 Å². The van der Waals surface area contributed by atoms with E-state index in [0.717, 1.165) is 11.3 Å². The maximum atomic E-state index is 11.3. The number of carboxylic acid groups (broad SMARTS) is 1. The highest BCUT2D eigenvalue weighted by molar-refractivity contribution is 7.20. The Labute approximate surface area is 151 Å². The number of aromatic carboxylic acids is 1. The van der Waals surface area contributed by atoms with E-state index in [1.54, 1.807) is 18.2 Å². The molecule has 0 saturated heterocycles. The monoisotopic (exact) mass is 395 g/mol. The number of rotatable bonds is 2. The quantitative estimate of drug-likeness (QED) is 0.668. The molecule has 2 N–H and O–H groups in total. The summed E-state index contributed by atoms with van der Waals surface area (Å²) >= 11 is 13.5. The first kappa shape index (κ1) is 19.8. The number of carboxylic acids is 1. The number of nitrogens with one attached hydrogen (secondary N) is 1. The van der Waals surface area contributed by atoms with Gasteiger partial charge in [0.15, 0.2) is 0 Å². The third kappa shape index (κ3) is 8.22. The Balaban J connectivity index is 0.000000253. The number of anilines is 1. The molecule has 2 heterocycles. The van der Waals surface area contributed by atoms with Gasteiger partial charge in [-0.2, -0.15) is 0 Å². The average Bonchev–Trinajstić information content (AvgIpc) is 2.97. The van der Waals surface area contributed by atoms with Crippen LogP contribution >= 0.6 is 45.9 Å². The molecule has 0 aliphatic rings. The summed E-state index contributed by atoms with van der Waals surface area (Å²) in [5.74, 6) is -0.924. The molecule has 2 aromatic rings. The fourth-order valence-corrected chi connectivity index (χ4v) is 3.03. The molecule has 0 aromatic carbocycles. The molecule has 0 bridgehead atoms. The molecule has 0 atom stereocenters. The highest BCUT2D eigenvalue weighted by Gasteiger charge is 2.16. The van der Waals surface area contributed by atoms with Crippen LogP contribution in [0.2, 0.25) is 8.67 Å².